The molecule has 1 atom stereocenters. The monoisotopic (exact) mass is 444 g/mol. The predicted octanol–water partition coefficient (Wildman–Crippen LogP) is 4.53. The van der Waals surface area contributed by atoms with E-state index in [0.717, 1.165) is 11.1 Å². The van der Waals surface area contributed by atoms with Crippen molar-refractivity contribution in [2.45, 2.75) is 6.04 Å². The fourth-order valence-electron chi connectivity index (χ4n) is 3.65. The van der Waals surface area contributed by atoms with Gasteiger partial charge in [0.1, 0.15) is 17.7 Å². The summed E-state index contributed by atoms with van der Waals surface area (Å²) in [5, 5.41) is 3.27. The highest BCUT2D eigenvalue weighted by Crippen LogP contribution is 2.39. The number of nitrogens with zero attached hydrogens (tertiary/aromatic N) is 3. The molecule has 8 heteroatoms. The molecule has 1 unspecified atom stereocenters. The summed E-state index contributed by atoms with van der Waals surface area (Å²) in [7, 11) is 0. The molecule has 1 N–H and O–H groups in total. The minimum atomic E-state index is -0.633. The number of carbonyl (C=O) groups is 2. The smallest absolute Gasteiger partial charge is 0.275 e. The third-order valence-corrected chi connectivity index (χ3v) is 6.03. The van der Waals surface area contributed by atoms with E-state index in [1.54, 1.807) is 4.90 Å². The number of amides is 2. The number of aliphatic imine (C=N–C) groups is 2. The number of anilines is 1. The molecular weight excluding hydrogens is 427 g/mol. The maximum absolute atomic E-state index is 13.1. The van der Waals surface area contributed by atoms with Crippen LogP contribution in [0.4, 0.5) is 15.8 Å². The Hall–Kier alpha value is -3.78. The average Bonchev–Trinajstić information content (AvgIpc) is 3.17. The number of carbonyl (C=O) groups excluding carboxylic acids is 2. The third-order valence-electron chi connectivity index (χ3n) is 5.08. The second-order valence-corrected chi connectivity index (χ2v) is 8.15. The van der Waals surface area contributed by atoms with Crippen molar-refractivity contribution in [1.29, 1.82) is 0 Å². The van der Waals surface area contributed by atoms with Crippen LogP contribution in [0.1, 0.15) is 17.2 Å². The van der Waals surface area contributed by atoms with Gasteiger partial charge in [-0.3, -0.25) is 14.5 Å². The summed E-state index contributed by atoms with van der Waals surface area (Å²) < 4.78 is 13.1. The fourth-order valence-corrected chi connectivity index (χ4v) is 4.48. The minimum absolute atomic E-state index is 0.0673. The van der Waals surface area contributed by atoms with Gasteiger partial charge in [-0.25, -0.2) is 9.38 Å². The van der Waals surface area contributed by atoms with Crippen LogP contribution >= 0.6 is 11.8 Å². The molecular formula is C24H17FN4O2S. The van der Waals surface area contributed by atoms with Gasteiger partial charge in [-0.15, -0.1) is 0 Å². The number of rotatable bonds is 4. The molecule has 2 aliphatic rings. The zero-order chi connectivity index (χ0) is 22.1. The predicted molar refractivity (Wildman–Crippen MR) is 124 cm³/mol. The number of benzene rings is 3. The summed E-state index contributed by atoms with van der Waals surface area (Å²) in [5.74, 6) is -0.297. The molecule has 0 saturated heterocycles. The standard InChI is InChI=1S/C24H17FN4O2S/c25-16-10-12-17(13-11-16)26-20(30)14-32-24-27-19-9-5-4-8-18(19)22-28-23(31)21(29(22)24)15-6-2-1-3-7-15/h1-13,21H,14H2,(H,26,30). The van der Waals surface area contributed by atoms with Gasteiger partial charge in [0, 0.05) is 11.3 Å². The fraction of sp³-hybridized carbons (Fsp3) is 0.0833. The molecule has 0 bridgehead atoms. The van der Waals surface area contributed by atoms with Gasteiger partial charge in [0.2, 0.25) is 5.91 Å². The Morgan fingerprint density at radius 2 is 1.69 bits per heavy atom. The second-order valence-electron chi connectivity index (χ2n) is 7.21. The Morgan fingerprint density at radius 3 is 2.47 bits per heavy atom. The quantitative estimate of drug-likeness (QED) is 0.642. The zero-order valence-corrected chi connectivity index (χ0v) is 17.6. The van der Waals surface area contributed by atoms with Crippen molar-refractivity contribution in [2.75, 3.05) is 11.1 Å². The number of para-hydroxylation sites is 1. The van der Waals surface area contributed by atoms with E-state index in [9.17, 15) is 14.0 Å². The Bertz CT molecular complexity index is 1260. The van der Waals surface area contributed by atoms with Crippen molar-refractivity contribution >= 4 is 46.0 Å². The maximum atomic E-state index is 13.1. The van der Waals surface area contributed by atoms with Crippen LogP contribution in [0.5, 0.6) is 0 Å². The van der Waals surface area contributed by atoms with E-state index in [4.69, 9.17) is 4.99 Å². The van der Waals surface area contributed by atoms with E-state index < -0.39 is 6.04 Å². The minimum Gasteiger partial charge on any atom is -0.325 e. The number of hydrogen-bond donors (Lipinski definition) is 1. The molecule has 0 saturated carbocycles. The lowest BCUT2D eigenvalue weighted by Gasteiger charge is -2.31. The van der Waals surface area contributed by atoms with Gasteiger partial charge in [0.05, 0.1) is 11.4 Å². The van der Waals surface area contributed by atoms with Crippen molar-refractivity contribution in [2.24, 2.45) is 9.98 Å². The number of nitrogens with one attached hydrogen (secondary N) is 1. The molecule has 0 spiro atoms. The molecule has 3 aromatic carbocycles. The summed E-state index contributed by atoms with van der Waals surface area (Å²) in [5.41, 5.74) is 2.79. The maximum Gasteiger partial charge on any atom is 0.275 e. The first-order valence-electron chi connectivity index (χ1n) is 9.93. The second kappa shape index (κ2) is 8.39. The lowest BCUT2D eigenvalue weighted by Crippen LogP contribution is -2.39. The normalized spacial score (nSPS) is 16.7. The Kier molecular flexibility index (Phi) is 5.28. The topological polar surface area (TPSA) is 74.1 Å². The zero-order valence-electron chi connectivity index (χ0n) is 16.7. The summed E-state index contributed by atoms with van der Waals surface area (Å²) in [6.45, 7) is 0. The molecule has 32 heavy (non-hydrogen) atoms. The van der Waals surface area contributed by atoms with Crippen LogP contribution in [-0.2, 0) is 9.59 Å². The van der Waals surface area contributed by atoms with Gasteiger partial charge < -0.3 is 5.32 Å². The van der Waals surface area contributed by atoms with Crippen molar-refractivity contribution in [3.63, 3.8) is 0 Å². The highest BCUT2D eigenvalue weighted by atomic mass is 32.2. The van der Waals surface area contributed by atoms with Crippen molar-refractivity contribution < 1.29 is 14.0 Å². The molecule has 0 fully saturated rings. The van der Waals surface area contributed by atoms with Gasteiger partial charge in [-0.05, 0) is 42.0 Å². The van der Waals surface area contributed by atoms with Crippen LogP contribution in [-0.4, -0.2) is 33.5 Å². The molecule has 0 radical (unpaired) electrons. The first-order valence-corrected chi connectivity index (χ1v) is 10.9. The first kappa shape index (κ1) is 20.1. The highest BCUT2D eigenvalue weighted by Gasteiger charge is 2.42. The highest BCUT2D eigenvalue weighted by molar-refractivity contribution is 8.14. The molecule has 158 valence electrons. The summed E-state index contributed by atoms with van der Waals surface area (Å²) >= 11 is 1.23. The van der Waals surface area contributed by atoms with Crippen LogP contribution < -0.4 is 5.32 Å². The Morgan fingerprint density at radius 1 is 0.969 bits per heavy atom. The average molecular weight is 444 g/mol. The molecule has 5 rings (SSSR count). The van der Waals surface area contributed by atoms with Crippen LogP contribution in [0, 0.1) is 5.82 Å². The molecule has 2 heterocycles. The largest absolute Gasteiger partial charge is 0.325 e. The molecule has 0 aliphatic carbocycles. The molecule has 2 amide bonds. The van der Waals surface area contributed by atoms with Gasteiger partial charge in [0.25, 0.3) is 5.91 Å². The van der Waals surface area contributed by atoms with E-state index in [0.29, 0.717) is 22.4 Å². The van der Waals surface area contributed by atoms with Crippen LogP contribution in [0.15, 0.2) is 88.8 Å². The van der Waals surface area contributed by atoms with Gasteiger partial charge in [-0.1, -0.05) is 54.2 Å². The van der Waals surface area contributed by atoms with Crippen molar-refractivity contribution in [3.05, 3.63) is 95.8 Å². The lowest BCUT2D eigenvalue weighted by atomic mass is 10.0. The van der Waals surface area contributed by atoms with Gasteiger partial charge in [-0.2, -0.15) is 4.99 Å². The van der Waals surface area contributed by atoms with E-state index >= 15 is 0 Å². The third kappa shape index (κ3) is 3.80. The number of thioether (sulfide) groups is 1. The van der Waals surface area contributed by atoms with E-state index in [2.05, 4.69) is 10.3 Å². The number of halogens is 1. The molecule has 2 aliphatic heterocycles. The summed E-state index contributed by atoms with van der Waals surface area (Å²) in [6, 6.07) is 21.8. The molecule has 3 aromatic rings. The number of hydrogen-bond acceptors (Lipinski definition) is 5. The first-order chi connectivity index (χ1) is 15.6. The molecule has 0 aromatic heterocycles. The molecule has 6 nitrogen and oxygen atoms in total. The van der Waals surface area contributed by atoms with Gasteiger partial charge >= 0.3 is 0 Å². The van der Waals surface area contributed by atoms with Crippen molar-refractivity contribution in [3.8, 4) is 0 Å². The van der Waals surface area contributed by atoms with Crippen LogP contribution in [0.3, 0.4) is 0 Å². The number of fused-ring (bicyclic) bond motifs is 3. The number of amidine groups is 2. The Balaban J connectivity index is 1.42. The summed E-state index contributed by atoms with van der Waals surface area (Å²) in [4.78, 5) is 36.3. The van der Waals surface area contributed by atoms with Crippen LogP contribution in [0.25, 0.3) is 0 Å². The lowest BCUT2D eigenvalue weighted by molar-refractivity contribution is -0.119. The summed E-state index contributed by atoms with van der Waals surface area (Å²) in [6.07, 6.45) is 0. The van der Waals surface area contributed by atoms with E-state index in [1.165, 1.54) is 36.0 Å². The van der Waals surface area contributed by atoms with E-state index in [1.807, 2.05) is 54.6 Å². The Labute approximate surface area is 187 Å². The SMILES string of the molecule is O=C(CSC1=Nc2ccccc2C2=NC(=O)C(c3ccccc3)N12)Nc1ccc(F)cc1. The van der Waals surface area contributed by atoms with Crippen LogP contribution in [0.2, 0.25) is 0 Å². The van der Waals surface area contributed by atoms with Crippen molar-refractivity contribution in [1.82, 2.24) is 4.90 Å². The van der Waals surface area contributed by atoms with Gasteiger partial charge in [0.15, 0.2) is 5.17 Å². The van der Waals surface area contributed by atoms with E-state index in [-0.39, 0.29) is 23.4 Å².